The van der Waals surface area contributed by atoms with Crippen molar-refractivity contribution >= 4 is 30.7 Å². The molecular formula is C35H40Cl2F3N7O5. The molecule has 2 unspecified atom stereocenters. The van der Waals surface area contributed by atoms with Gasteiger partial charge < -0.3 is 23.8 Å². The number of hydrogen-bond donors (Lipinski definition) is 0. The first-order chi connectivity index (χ1) is 24.2. The molecule has 2 aliphatic heterocycles. The van der Waals surface area contributed by atoms with Gasteiger partial charge in [-0.05, 0) is 11.1 Å². The minimum Gasteiger partial charge on any atom is -0.481 e. The van der Waals surface area contributed by atoms with Crippen molar-refractivity contribution in [2.24, 2.45) is 0 Å². The highest BCUT2D eigenvalue weighted by Gasteiger charge is 2.44. The van der Waals surface area contributed by atoms with Crippen LogP contribution in [0.4, 0.5) is 13.2 Å². The molecule has 2 aromatic heterocycles. The van der Waals surface area contributed by atoms with Crippen LogP contribution in [0.25, 0.3) is 0 Å². The number of ether oxygens (including phenoxy) is 4. The van der Waals surface area contributed by atoms with Gasteiger partial charge in [-0.15, -0.1) is 24.8 Å². The summed E-state index contributed by atoms with van der Waals surface area (Å²) in [4.78, 5) is 36.9. The van der Waals surface area contributed by atoms with Crippen molar-refractivity contribution in [2.75, 3.05) is 60.7 Å². The lowest BCUT2D eigenvalue weighted by molar-refractivity contribution is -0.154. The van der Waals surface area contributed by atoms with Crippen LogP contribution in [0.3, 0.4) is 0 Å². The Bertz CT molecular complexity index is 1720. The van der Waals surface area contributed by atoms with Crippen LogP contribution in [0.5, 0.6) is 23.7 Å². The highest BCUT2D eigenvalue weighted by molar-refractivity contribution is 5.92. The smallest absolute Gasteiger partial charge is 0.422 e. The fourth-order valence-corrected chi connectivity index (χ4v) is 6.80. The van der Waals surface area contributed by atoms with Gasteiger partial charge in [-0.3, -0.25) is 19.6 Å². The number of piperazine rings is 2. The van der Waals surface area contributed by atoms with Gasteiger partial charge in [-0.1, -0.05) is 60.7 Å². The summed E-state index contributed by atoms with van der Waals surface area (Å²) >= 11 is 0. The number of halogens is 5. The van der Waals surface area contributed by atoms with Crippen molar-refractivity contribution < 1.29 is 36.9 Å². The van der Waals surface area contributed by atoms with Crippen LogP contribution >= 0.6 is 24.8 Å². The number of amides is 1. The molecule has 4 heterocycles. The van der Waals surface area contributed by atoms with E-state index in [9.17, 15) is 18.0 Å². The average Bonchev–Trinajstić information content (AvgIpc) is 3.14. The van der Waals surface area contributed by atoms with E-state index in [1.165, 1.54) is 33.7 Å². The average molecular weight is 767 g/mol. The third kappa shape index (κ3) is 9.31. The summed E-state index contributed by atoms with van der Waals surface area (Å²) < 4.78 is 61.0. The minimum absolute atomic E-state index is 0. The lowest BCUT2D eigenvalue weighted by Gasteiger charge is -2.53. The standard InChI is InChI=1S/C35H38F3N7O5.2ClH/c1-47-29-17-39-16-27(40-29)33(46)44-14-15-45-25(19-44)18-43(20-26-31(48-2)41-34(49-3)42-32(26)50-22-35(36,37)38)21-28(45)30(23-10-6-4-7-11-23)24-12-8-5-9-13-24;;/h4-13,16-17,25,28,30H,14-15,18-22H2,1-3H3;2*1H. The van der Waals surface area contributed by atoms with Gasteiger partial charge in [-0.2, -0.15) is 23.1 Å². The predicted molar refractivity (Wildman–Crippen MR) is 190 cm³/mol. The molecule has 2 aliphatic rings. The molecule has 0 aliphatic carbocycles. The first-order valence-electron chi connectivity index (χ1n) is 16.1. The topological polar surface area (TPSA) is 115 Å². The van der Waals surface area contributed by atoms with Crippen molar-refractivity contribution in [1.29, 1.82) is 0 Å². The summed E-state index contributed by atoms with van der Waals surface area (Å²) in [5.41, 5.74) is 2.68. The van der Waals surface area contributed by atoms with Gasteiger partial charge >= 0.3 is 12.2 Å². The first kappa shape index (κ1) is 40.3. The molecule has 1 amide bonds. The highest BCUT2D eigenvalue weighted by atomic mass is 35.5. The van der Waals surface area contributed by atoms with Crippen LogP contribution in [0.2, 0.25) is 0 Å². The van der Waals surface area contributed by atoms with E-state index < -0.39 is 12.8 Å². The Morgan fingerprint density at radius 3 is 2.08 bits per heavy atom. The molecule has 6 rings (SSSR count). The molecular weight excluding hydrogens is 726 g/mol. The Labute approximate surface area is 312 Å². The summed E-state index contributed by atoms with van der Waals surface area (Å²) in [5.74, 6) is -0.312. The molecule has 4 aromatic rings. The van der Waals surface area contributed by atoms with Gasteiger partial charge in [0.05, 0.1) is 39.3 Å². The van der Waals surface area contributed by atoms with Crippen molar-refractivity contribution in [2.45, 2.75) is 30.7 Å². The second-order valence-electron chi connectivity index (χ2n) is 12.1. The molecule has 0 spiro atoms. The second-order valence-corrected chi connectivity index (χ2v) is 12.1. The number of hydrogen-bond acceptors (Lipinski definition) is 11. The second kappa shape index (κ2) is 17.9. The van der Waals surface area contributed by atoms with Crippen LogP contribution in [-0.4, -0.2) is 119 Å². The first-order valence-corrected chi connectivity index (χ1v) is 16.1. The monoisotopic (exact) mass is 765 g/mol. The number of methoxy groups -OCH3 is 3. The zero-order valence-electron chi connectivity index (χ0n) is 28.7. The van der Waals surface area contributed by atoms with Gasteiger partial charge in [0.25, 0.3) is 5.91 Å². The molecule has 0 radical (unpaired) electrons. The van der Waals surface area contributed by atoms with E-state index >= 15 is 0 Å². The van der Waals surface area contributed by atoms with Gasteiger partial charge in [-0.25, -0.2) is 4.98 Å². The largest absolute Gasteiger partial charge is 0.481 e. The summed E-state index contributed by atoms with van der Waals surface area (Å²) in [5, 5.41) is 0. The molecule has 17 heteroatoms. The van der Waals surface area contributed by atoms with Crippen molar-refractivity contribution in [3.05, 3.63) is 95.4 Å². The van der Waals surface area contributed by atoms with E-state index in [0.29, 0.717) is 32.7 Å². The van der Waals surface area contributed by atoms with E-state index in [1.807, 2.05) is 36.4 Å². The fraction of sp³-hybridized carbons (Fsp3) is 0.400. The normalized spacial score (nSPS) is 17.7. The number of aromatic nitrogens is 4. The predicted octanol–water partition coefficient (Wildman–Crippen LogP) is 4.92. The van der Waals surface area contributed by atoms with Crippen LogP contribution < -0.4 is 18.9 Å². The van der Waals surface area contributed by atoms with Gasteiger partial charge in [0.2, 0.25) is 17.6 Å². The third-order valence-electron chi connectivity index (χ3n) is 8.94. The zero-order chi connectivity index (χ0) is 35.3. The zero-order valence-corrected chi connectivity index (χ0v) is 30.4. The number of alkyl halides is 3. The van der Waals surface area contributed by atoms with Gasteiger partial charge in [0.15, 0.2) is 12.3 Å². The molecule has 12 nitrogen and oxygen atoms in total. The quantitative estimate of drug-likeness (QED) is 0.207. The van der Waals surface area contributed by atoms with Crippen molar-refractivity contribution in [1.82, 2.24) is 34.6 Å². The maximum absolute atomic E-state index is 13.7. The van der Waals surface area contributed by atoms with Crippen molar-refractivity contribution in [3.63, 3.8) is 0 Å². The van der Waals surface area contributed by atoms with E-state index in [2.05, 4.69) is 54.0 Å². The molecule has 2 atom stereocenters. The third-order valence-corrected chi connectivity index (χ3v) is 8.94. The molecule has 52 heavy (non-hydrogen) atoms. The molecule has 0 bridgehead atoms. The van der Waals surface area contributed by atoms with Crippen LogP contribution in [-0.2, 0) is 6.54 Å². The molecule has 2 aromatic carbocycles. The maximum Gasteiger partial charge on any atom is 0.422 e. The molecule has 2 saturated heterocycles. The Hall–Kier alpha value is -4.44. The van der Waals surface area contributed by atoms with Crippen LogP contribution in [0.1, 0.15) is 33.1 Å². The number of fused-ring (bicyclic) bond motifs is 1. The summed E-state index contributed by atoms with van der Waals surface area (Å²) in [6, 6.07) is 20.0. The lowest BCUT2D eigenvalue weighted by atomic mass is 9.81. The Morgan fingerprint density at radius 2 is 1.48 bits per heavy atom. The van der Waals surface area contributed by atoms with E-state index in [-0.39, 0.29) is 90.2 Å². The molecule has 0 saturated carbocycles. The number of carbonyl (C=O) groups excluding carboxylic acids is 1. The summed E-state index contributed by atoms with van der Waals surface area (Å²) in [6.45, 7) is 1.04. The van der Waals surface area contributed by atoms with E-state index in [4.69, 9.17) is 18.9 Å². The summed E-state index contributed by atoms with van der Waals surface area (Å²) in [6.07, 6.45) is -1.73. The van der Waals surface area contributed by atoms with Gasteiger partial charge in [0.1, 0.15) is 0 Å². The highest BCUT2D eigenvalue weighted by Crippen LogP contribution is 2.38. The van der Waals surface area contributed by atoms with Crippen LogP contribution in [0, 0.1) is 0 Å². The Kier molecular flexibility index (Phi) is 13.9. The van der Waals surface area contributed by atoms with E-state index in [1.54, 1.807) is 4.90 Å². The summed E-state index contributed by atoms with van der Waals surface area (Å²) in [7, 11) is 4.16. The maximum atomic E-state index is 13.7. The number of carbonyl (C=O) groups is 1. The number of rotatable bonds is 11. The van der Waals surface area contributed by atoms with Crippen molar-refractivity contribution in [3.8, 4) is 23.7 Å². The Balaban J connectivity index is 0.00000302. The van der Waals surface area contributed by atoms with Crippen LogP contribution in [0.15, 0.2) is 73.1 Å². The molecule has 280 valence electrons. The lowest BCUT2D eigenvalue weighted by Crippen LogP contribution is -2.67. The Morgan fingerprint density at radius 1 is 0.827 bits per heavy atom. The SMILES string of the molecule is COc1cncc(C(=O)N2CCN3C(CN(Cc4c(OC)nc(OC)nc4OCC(F)(F)F)CC3C(c3ccccc3)c3ccccc3)C2)n1.Cl.Cl. The number of benzene rings is 2. The fourth-order valence-electron chi connectivity index (χ4n) is 6.80. The minimum atomic E-state index is -4.59. The molecule has 0 N–H and O–H groups in total. The van der Waals surface area contributed by atoms with Gasteiger partial charge in [0, 0.05) is 57.3 Å². The molecule has 2 fully saturated rings. The number of nitrogens with zero attached hydrogens (tertiary/aromatic N) is 7. The van der Waals surface area contributed by atoms with E-state index in [0.717, 1.165) is 11.1 Å².